The van der Waals surface area contributed by atoms with E-state index in [1.165, 1.54) is 0 Å². The minimum atomic E-state index is 0. The third kappa shape index (κ3) is 202. The fourth-order valence-corrected chi connectivity index (χ4v) is 0. The van der Waals surface area contributed by atoms with Crippen LogP contribution in [0.4, 0.5) is 0 Å². The van der Waals surface area contributed by atoms with Gasteiger partial charge in [-0.3, -0.25) is 0 Å². The van der Waals surface area contributed by atoms with Gasteiger partial charge in [0.05, 0.1) is 0 Å². The SMILES string of the molecule is [F-].[F-].[F-].[F-].[Ru+4]. The molecule has 0 spiro atoms. The second kappa shape index (κ2) is 412. The van der Waals surface area contributed by atoms with E-state index in [9.17, 15) is 0 Å². The van der Waals surface area contributed by atoms with E-state index in [0.29, 0.717) is 0 Å². The maximum Gasteiger partial charge on any atom is 4.00 e. The molecule has 0 saturated heterocycles. The predicted molar refractivity (Wildman–Crippen MR) is 0 cm³/mol. The van der Waals surface area contributed by atoms with Crippen molar-refractivity contribution in [2.45, 2.75) is 0 Å². The Bertz CT molecular complexity index is 3.61. The average Bonchev–Trinajstić information content (AvgIpc) is 0. The molecule has 5 heteroatoms. The van der Waals surface area contributed by atoms with Gasteiger partial charge in [0.2, 0.25) is 0 Å². The van der Waals surface area contributed by atoms with Crippen LogP contribution < -0.4 is 18.8 Å². The number of rotatable bonds is 0. The van der Waals surface area contributed by atoms with Gasteiger partial charge in [0.1, 0.15) is 0 Å². The first kappa shape index (κ1) is 855. The average molecular weight is 177 g/mol. The van der Waals surface area contributed by atoms with Crippen molar-refractivity contribution in [3.05, 3.63) is 0 Å². The molecule has 0 nitrogen and oxygen atoms in total. The Kier molecular flexibility index (Phi) is 70400. The Hall–Kier alpha value is 0.343. The maximum absolute atomic E-state index is 0. The molecule has 0 aliphatic heterocycles. The fraction of sp³-hybridized carbons (Fsp3) is 0. The molecular weight excluding hydrogens is 177 g/mol. The molecule has 0 bridgehead atoms. The van der Waals surface area contributed by atoms with Gasteiger partial charge in [-0.2, -0.15) is 0 Å². The molecule has 0 unspecified atom stereocenters. The molecule has 0 aliphatic rings. The Balaban J connectivity index is 0. The molecule has 0 heterocycles. The molecule has 0 amide bonds. The van der Waals surface area contributed by atoms with Crippen molar-refractivity contribution in [2.75, 3.05) is 0 Å². The van der Waals surface area contributed by atoms with Crippen molar-refractivity contribution < 1.29 is 38.3 Å². The van der Waals surface area contributed by atoms with Crippen molar-refractivity contribution >= 4 is 0 Å². The monoisotopic (exact) mass is 178 g/mol. The molecule has 5 heavy (non-hydrogen) atoms. The zero-order valence-corrected chi connectivity index (χ0v) is 3.60. The van der Waals surface area contributed by atoms with E-state index in [-0.39, 0.29) is 38.3 Å². The van der Waals surface area contributed by atoms with E-state index in [0.717, 1.165) is 0 Å². The predicted octanol–water partition coefficient (Wildman–Crippen LogP) is -12.0. The van der Waals surface area contributed by atoms with E-state index < -0.39 is 0 Å². The summed E-state index contributed by atoms with van der Waals surface area (Å²) < 4.78 is 0. The normalized spacial score (nSPS) is 0. The summed E-state index contributed by atoms with van der Waals surface area (Å²) >= 11 is 0. The van der Waals surface area contributed by atoms with Gasteiger partial charge in [-0.15, -0.1) is 0 Å². The molecule has 0 saturated carbocycles. The van der Waals surface area contributed by atoms with E-state index in [2.05, 4.69) is 0 Å². The number of hydrogen-bond acceptors (Lipinski definition) is 0. The van der Waals surface area contributed by atoms with Gasteiger partial charge < -0.3 is 18.8 Å². The summed E-state index contributed by atoms with van der Waals surface area (Å²) in [6.07, 6.45) is 0. The van der Waals surface area contributed by atoms with Gasteiger partial charge >= 0.3 is 19.5 Å². The van der Waals surface area contributed by atoms with Crippen molar-refractivity contribution in [1.29, 1.82) is 0 Å². The van der Waals surface area contributed by atoms with Crippen LogP contribution in [-0.4, -0.2) is 0 Å². The molecular formula is F4Ru. The summed E-state index contributed by atoms with van der Waals surface area (Å²) in [6.45, 7) is 0. The van der Waals surface area contributed by atoms with Crippen LogP contribution >= 0.6 is 0 Å². The summed E-state index contributed by atoms with van der Waals surface area (Å²) in [7, 11) is 0. The molecule has 0 aromatic carbocycles. The quantitative estimate of drug-likeness (QED) is 0.254. The molecule has 0 N–H and O–H groups in total. The topological polar surface area (TPSA) is 0 Å². The number of hydrogen-bond donors (Lipinski definition) is 0. The van der Waals surface area contributed by atoms with Crippen LogP contribution in [0.3, 0.4) is 0 Å². The summed E-state index contributed by atoms with van der Waals surface area (Å²) in [5, 5.41) is 0. The Labute approximate surface area is 39.2 Å². The third-order valence-electron chi connectivity index (χ3n) is 0. The molecule has 36 valence electrons. The van der Waals surface area contributed by atoms with Crippen molar-refractivity contribution in [1.82, 2.24) is 0 Å². The minimum Gasteiger partial charge on any atom is -1.00 e. The van der Waals surface area contributed by atoms with Gasteiger partial charge in [0, 0.05) is 0 Å². The summed E-state index contributed by atoms with van der Waals surface area (Å²) in [6, 6.07) is 0. The van der Waals surface area contributed by atoms with E-state index in [4.69, 9.17) is 0 Å². The zero-order chi connectivity index (χ0) is 0. The van der Waals surface area contributed by atoms with Gasteiger partial charge in [0.25, 0.3) is 0 Å². The smallest absolute Gasteiger partial charge is 1.00 e. The maximum atomic E-state index is 0. The molecule has 0 aliphatic carbocycles. The first-order valence-electron chi connectivity index (χ1n) is 0. The molecule has 0 rings (SSSR count). The second-order valence-electron chi connectivity index (χ2n) is 0. The first-order valence-corrected chi connectivity index (χ1v) is 0. The summed E-state index contributed by atoms with van der Waals surface area (Å²) in [4.78, 5) is 0. The van der Waals surface area contributed by atoms with Crippen LogP contribution in [0.15, 0.2) is 0 Å². The molecule has 0 aromatic heterocycles. The van der Waals surface area contributed by atoms with Crippen molar-refractivity contribution in [3.8, 4) is 0 Å². The van der Waals surface area contributed by atoms with Gasteiger partial charge in [0.15, 0.2) is 0 Å². The van der Waals surface area contributed by atoms with Crippen LogP contribution in [0.25, 0.3) is 0 Å². The van der Waals surface area contributed by atoms with Crippen LogP contribution in [0.1, 0.15) is 0 Å². The van der Waals surface area contributed by atoms with Crippen molar-refractivity contribution in [2.24, 2.45) is 0 Å². The van der Waals surface area contributed by atoms with Crippen LogP contribution in [0.2, 0.25) is 0 Å². The van der Waals surface area contributed by atoms with Gasteiger partial charge in [-0.1, -0.05) is 0 Å². The fourth-order valence-electron chi connectivity index (χ4n) is 0. The second-order valence-corrected chi connectivity index (χ2v) is 0. The largest absolute Gasteiger partial charge is 4.00 e. The summed E-state index contributed by atoms with van der Waals surface area (Å²) in [5.74, 6) is 0. The Morgan fingerprint density at radius 2 is 0.400 bits per heavy atom. The molecule has 0 fully saturated rings. The molecule has 0 aromatic rings. The zero-order valence-electron chi connectivity index (χ0n) is 1.87. The van der Waals surface area contributed by atoms with Crippen LogP contribution in [0, 0.1) is 0 Å². The van der Waals surface area contributed by atoms with E-state index in [1.807, 2.05) is 0 Å². The van der Waals surface area contributed by atoms with E-state index >= 15 is 0 Å². The minimum absolute atomic E-state index is 0. The Morgan fingerprint density at radius 1 is 0.400 bits per heavy atom. The van der Waals surface area contributed by atoms with Crippen molar-refractivity contribution in [3.63, 3.8) is 0 Å². The van der Waals surface area contributed by atoms with Crippen LogP contribution in [-0.2, 0) is 19.5 Å². The van der Waals surface area contributed by atoms with Gasteiger partial charge in [-0.25, -0.2) is 0 Å². The summed E-state index contributed by atoms with van der Waals surface area (Å²) in [5.41, 5.74) is 0. The Morgan fingerprint density at radius 3 is 0.400 bits per heavy atom. The number of halogens is 4. The van der Waals surface area contributed by atoms with E-state index in [1.54, 1.807) is 0 Å². The molecule has 0 atom stereocenters. The standard InChI is InChI=1S/4FH.Ru/h4*1H;/q;;;;+4/p-4. The third-order valence-corrected chi connectivity index (χ3v) is 0. The van der Waals surface area contributed by atoms with Crippen LogP contribution in [0.5, 0.6) is 0 Å². The van der Waals surface area contributed by atoms with Gasteiger partial charge in [-0.05, 0) is 0 Å². The molecule has 0 radical (unpaired) electrons. The first-order chi connectivity index (χ1) is 0.